The first-order chi connectivity index (χ1) is 17.2. The summed E-state index contributed by atoms with van der Waals surface area (Å²) in [6.07, 6.45) is 2.72. The van der Waals surface area contributed by atoms with Crippen LogP contribution >= 0.6 is 8.17 Å². The van der Waals surface area contributed by atoms with Gasteiger partial charge in [-0.3, -0.25) is 4.52 Å². The Kier molecular flexibility index (Phi) is 9.07. The lowest BCUT2D eigenvalue weighted by atomic mass is 9.94. The van der Waals surface area contributed by atoms with E-state index in [1.165, 1.54) is 14.0 Å². The summed E-state index contributed by atoms with van der Waals surface area (Å²) < 4.78 is 24.9. The Balaban J connectivity index is 1.79. The van der Waals surface area contributed by atoms with Crippen LogP contribution in [0.25, 0.3) is 0 Å². The van der Waals surface area contributed by atoms with Gasteiger partial charge in [-0.05, 0) is 52.2 Å². The maximum atomic E-state index is 12.4. The summed E-state index contributed by atoms with van der Waals surface area (Å²) in [5.41, 5.74) is 3.82. The molecule has 0 fully saturated rings. The van der Waals surface area contributed by atoms with Gasteiger partial charge in [0.1, 0.15) is 23.7 Å². The minimum atomic E-state index is -2.49. The molecule has 0 spiro atoms. The van der Waals surface area contributed by atoms with E-state index in [1.54, 1.807) is 19.1 Å². The lowest BCUT2D eigenvalue weighted by Gasteiger charge is -2.16. The number of aromatic hydroxyl groups is 1. The fraction of sp³-hybridized carbons (Fsp3) is 0.385. The molecule has 2 aromatic carbocycles. The molecule has 192 valence electrons. The third kappa shape index (κ3) is 6.04. The first-order valence-corrected chi connectivity index (χ1v) is 12.6. The quantitative estimate of drug-likeness (QED) is 0.282. The molecule has 1 aliphatic rings. The van der Waals surface area contributed by atoms with Crippen LogP contribution in [0.15, 0.2) is 40.7 Å². The van der Waals surface area contributed by atoms with Gasteiger partial charge < -0.3 is 24.2 Å². The Hall–Kier alpha value is -3.42. The zero-order valence-electron chi connectivity index (χ0n) is 21.0. The van der Waals surface area contributed by atoms with Crippen molar-refractivity contribution in [2.75, 3.05) is 13.7 Å². The zero-order chi connectivity index (χ0) is 26.4. The molecule has 1 aliphatic heterocycles. The van der Waals surface area contributed by atoms with Gasteiger partial charge in [0.05, 0.1) is 13.7 Å². The second kappa shape index (κ2) is 12.0. The van der Waals surface area contributed by atoms with Crippen molar-refractivity contribution in [2.24, 2.45) is 4.74 Å². The van der Waals surface area contributed by atoms with Gasteiger partial charge in [0.25, 0.3) is 0 Å². The summed E-state index contributed by atoms with van der Waals surface area (Å²) in [4.78, 5) is 36.3. The number of nitrogens with zero attached hydrogens (tertiary/aromatic N) is 1. The van der Waals surface area contributed by atoms with E-state index in [1.807, 2.05) is 32.1 Å². The molecule has 0 bridgehead atoms. The van der Waals surface area contributed by atoms with Crippen molar-refractivity contribution < 1.29 is 38.3 Å². The Morgan fingerprint density at radius 2 is 2.08 bits per heavy atom. The molecule has 1 heterocycles. The second-order valence-corrected chi connectivity index (χ2v) is 9.22. The minimum absolute atomic E-state index is 0.114. The highest BCUT2D eigenvalue weighted by molar-refractivity contribution is 7.34. The first-order valence-electron chi connectivity index (χ1n) is 11.5. The normalized spacial score (nSPS) is 14.2. The summed E-state index contributed by atoms with van der Waals surface area (Å²) in [7, 11) is -0.963. The number of allylic oxidation sites excluding steroid dienone is 2. The highest BCUT2D eigenvalue weighted by Gasteiger charge is 2.31. The Morgan fingerprint density at radius 3 is 2.78 bits per heavy atom. The van der Waals surface area contributed by atoms with Crippen LogP contribution in [0.2, 0.25) is 0 Å². The number of hydrogen-bond donors (Lipinski definition) is 1. The SMILES string of the molecule is CCOC(=O)C(C)N=[P+]([O-])Oc1ccccc1CC(C)=CCc1c(O)c2c(c(C)c1OC)COC2=O. The van der Waals surface area contributed by atoms with Crippen LogP contribution < -0.4 is 14.2 Å². The van der Waals surface area contributed by atoms with Crippen LogP contribution in [0.4, 0.5) is 0 Å². The first kappa shape index (κ1) is 27.2. The molecule has 2 aromatic rings. The molecule has 3 rings (SSSR count). The number of rotatable bonds is 10. The summed E-state index contributed by atoms with van der Waals surface area (Å²) in [6, 6.07) is 6.22. The Morgan fingerprint density at radius 1 is 1.36 bits per heavy atom. The maximum Gasteiger partial charge on any atom is 0.395 e. The van der Waals surface area contributed by atoms with Crippen molar-refractivity contribution in [3.05, 3.63) is 63.7 Å². The number of ether oxygens (including phenoxy) is 3. The number of para-hydroxylation sites is 1. The van der Waals surface area contributed by atoms with E-state index in [0.29, 0.717) is 35.5 Å². The van der Waals surface area contributed by atoms with Crippen molar-refractivity contribution in [3.8, 4) is 17.2 Å². The van der Waals surface area contributed by atoms with Gasteiger partial charge in [-0.1, -0.05) is 34.6 Å². The number of hydrogen-bond acceptors (Lipinski definition) is 9. The van der Waals surface area contributed by atoms with Crippen molar-refractivity contribution >= 4 is 20.1 Å². The van der Waals surface area contributed by atoms with Crippen molar-refractivity contribution in [1.29, 1.82) is 0 Å². The average molecular weight is 515 g/mol. The van der Waals surface area contributed by atoms with Crippen LogP contribution in [-0.2, 0) is 33.7 Å². The summed E-state index contributed by atoms with van der Waals surface area (Å²) in [5, 5.41) is 10.8. The van der Waals surface area contributed by atoms with Gasteiger partial charge in [0.2, 0.25) is 0 Å². The molecule has 2 unspecified atom stereocenters. The van der Waals surface area contributed by atoms with E-state index < -0.39 is 26.1 Å². The lowest BCUT2D eigenvalue weighted by molar-refractivity contribution is -0.169. The Labute approximate surface area is 211 Å². The number of esters is 2. The van der Waals surface area contributed by atoms with Crippen molar-refractivity contribution in [2.45, 2.75) is 53.2 Å². The molecule has 1 N–H and O–H groups in total. The van der Waals surface area contributed by atoms with Crippen LogP contribution in [0, 0.1) is 6.92 Å². The van der Waals surface area contributed by atoms with E-state index in [2.05, 4.69) is 4.74 Å². The number of phenols is 1. The molecule has 10 heteroatoms. The Bertz CT molecular complexity index is 1220. The molecule has 9 nitrogen and oxygen atoms in total. The van der Waals surface area contributed by atoms with Crippen LogP contribution in [0.3, 0.4) is 0 Å². The standard InChI is InChI=1S/C26H30NO8P/c1-6-33-25(29)17(4)27-36(31)35-21-10-8-7-9-18(21)13-15(2)11-12-19-23(28)22-20(14-34-26(22)30)16(3)24(19)32-5/h7-11,17,28H,6,12-14H2,1-5H3. The molecule has 0 saturated carbocycles. The molecule has 2 atom stereocenters. The van der Waals surface area contributed by atoms with Gasteiger partial charge in [-0.2, -0.15) is 0 Å². The molecular weight excluding hydrogens is 485 g/mol. The highest BCUT2D eigenvalue weighted by atomic mass is 31.1. The molecule has 36 heavy (non-hydrogen) atoms. The minimum Gasteiger partial charge on any atom is -0.575 e. The summed E-state index contributed by atoms with van der Waals surface area (Å²) in [6.45, 7) is 7.26. The zero-order valence-corrected chi connectivity index (χ0v) is 21.9. The second-order valence-electron chi connectivity index (χ2n) is 8.33. The third-order valence-corrected chi connectivity index (χ3v) is 6.70. The number of fused-ring (bicyclic) bond motifs is 1. The van der Waals surface area contributed by atoms with E-state index in [0.717, 1.165) is 16.7 Å². The lowest BCUT2D eigenvalue weighted by Crippen LogP contribution is -2.18. The average Bonchev–Trinajstić information content (AvgIpc) is 3.23. The molecule has 0 radical (unpaired) electrons. The molecular formula is C26H30NO8P. The van der Waals surface area contributed by atoms with Gasteiger partial charge in [0.15, 0.2) is 11.8 Å². The number of benzene rings is 2. The third-order valence-electron chi connectivity index (χ3n) is 5.82. The summed E-state index contributed by atoms with van der Waals surface area (Å²) in [5.74, 6) is -0.324. The number of cyclic esters (lactones) is 1. The predicted molar refractivity (Wildman–Crippen MR) is 132 cm³/mol. The van der Waals surface area contributed by atoms with Gasteiger partial charge in [0, 0.05) is 16.7 Å². The smallest absolute Gasteiger partial charge is 0.395 e. The van der Waals surface area contributed by atoms with E-state index in [9.17, 15) is 19.6 Å². The topological polar surface area (TPSA) is 127 Å². The fourth-order valence-corrected chi connectivity index (χ4v) is 4.75. The monoisotopic (exact) mass is 515 g/mol. The van der Waals surface area contributed by atoms with Gasteiger partial charge in [-0.25, -0.2) is 9.59 Å². The summed E-state index contributed by atoms with van der Waals surface area (Å²) >= 11 is 0. The van der Waals surface area contributed by atoms with E-state index in [-0.39, 0.29) is 24.5 Å². The van der Waals surface area contributed by atoms with Gasteiger partial charge in [-0.15, -0.1) is 0 Å². The van der Waals surface area contributed by atoms with Crippen LogP contribution in [0.5, 0.6) is 17.2 Å². The van der Waals surface area contributed by atoms with Crippen LogP contribution in [-0.4, -0.2) is 36.8 Å². The number of carbonyl (C=O) groups is 2. The highest BCUT2D eigenvalue weighted by Crippen LogP contribution is 2.42. The van der Waals surface area contributed by atoms with Gasteiger partial charge >= 0.3 is 20.1 Å². The molecule has 0 amide bonds. The number of methoxy groups -OCH3 is 1. The molecule has 0 saturated heterocycles. The maximum absolute atomic E-state index is 12.4. The predicted octanol–water partition coefficient (Wildman–Crippen LogP) is 4.30. The fourth-order valence-electron chi connectivity index (χ4n) is 3.97. The molecule has 0 aliphatic carbocycles. The number of carbonyl (C=O) groups excluding carboxylic acids is 2. The van der Waals surface area contributed by atoms with Crippen LogP contribution in [0.1, 0.15) is 53.4 Å². The molecule has 0 aromatic heterocycles. The van der Waals surface area contributed by atoms with Crippen molar-refractivity contribution in [3.63, 3.8) is 0 Å². The van der Waals surface area contributed by atoms with E-state index in [4.69, 9.17) is 18.7 Å². The number of phenolic OH excluding ortho intramolecular Hbond substituents is 1. The van der Waals surface area contributed by atoms with E-state index >= 15 is 0 Å². The van der Waals surface area contributed by atoms with Crippen molar-refractivity contribution in [1.82, 2.24) is 0 Å². The largest absolute Gasteiger partial charge is 0.575 e.